The Labute approximate surface area is 117 Å². The molecule has 0 aliphatic carbocycles. The Morgan fingerprint density at radius 2 is 1.85 bits per heavy atom. The highest BCUT2D eigenvalue weighted by Crippen LogP contribution is 2.20. The van der Waals surface area contributed by atoms with E-state index >= 15 is 0 Å². The van der Waals surface area contributed by atoms with Crippen LogP contribution in [0.4, 0.5) is 5.69 Å². The van der Waals surface area contributed by atoms with Crippen LogP contribution in [0.15, 0.2) is 29.2 Å². The van der Waals surface area contributed by atoms with Gasteiger partial charge in [0.15, 0.2) is 0 Å². The molecule has 112 valence electrons. The van der Waals surface area contributed by atoms with Gasteiger partial charge in [-0.2, -0.15) is 0 Å². The van der Waals surface area contributed by atoms with Crippen LogP contribution in [0, 0.1) is 0 Å². The summed E-state index contributed by atoms with van der Waals surface area (Å²) in [4.78, 5) is 10.6. The molecule has 0 radical (unpaired) electrons. The van der Waals surface area contributed by atoms with Crippen molar-refractivity contribution in [2.75, 3.05) is 17.6 Å². The van der Waals surface area contributed by atoms with Crippen LogP contribution in [-0.2, 0) is 29.6 Å². The van der Waals surface area contributed by atoms with Crippen LogP contribution in [0.1, 0.15) is 6.42 Å². The molecule has 0 bridgehead atoms. The van der Waals surface area contributed by atoms with Crippen molar-refractivity contribution in [3.8, 4) is 0 Å². The Hall–Kier alpha value is -1.65. The summed E-state index contributed by atoms with van der Waals surface area (Å²) in [6.45, 7) is 0. The quantitative estimate of drug-likeness (QED) is 0.687. The number of esters is 1. The summed E-state index contributed by atoms with van der Waals surface area (Å²) in [6.07, 6.45) is -0.344. The molecule has 0 aliphatic rings. The number of methoxy groups -OCH3 is 1. The lowest BCUT2D eigenvalue weighted by molar-refractivity contribution is -0.140. The maximum atomic E-state index is 11.7. The second kappa shape index (κ2) is 6.20. The summed E-state index contributed by atoms with van der Waals surface area (Å²) >= 11 is 0. The minimum atomic E-state index is -4.06. The number of rotatable bonds is 6. The molecule has 0 aliphatic heterocycles. The predicted octanol–water partition coefficient (Wildman–Crippen LogP) is -0.361. The highest BCUT2D eigenvalue weighted by atomic mass is 32.2. The minimum Gasteiger partial charge on any atom is -0.469 e. The van der Waals surface area contributed by atoms with Crippen molar-refractivity contribution < 1.29 is 26.4 Å². The molecule has 1 rings (SSSR count). The van der Waals surface area contributed by atoms with E-state index in [1.54, 1.807) is 0 Å². The summed E-state index contributed by atoms with van der Waals surface area (Å²) in [7, 11) is -6.82. The average Bonchev–Trinajstić information content (AvgIpc) is 2.35. The van der Waals surface area contributed by atoms with Gasteiger partial charge >= 0.3 is 5.97 Å². The van der Waals surface area contributed by atoms with Crippen molar-refractivity contribution in [1.82, 2.24) is 0 Å². The molecule has 10 heteroatoms. The maximum Gasteiger partial charge on any atom is 0.306 e. The molecule has 0 heterocycles. The average molecular weight is 322 g/mol. The number of benzene rings is 1. The summed E-state index contributed by atoms with van der Waals surface area (Å²) in [6, 6.07) is 5.29. The van der Waals surface area contributed by atoms with E-state index in [0.717, 1.165) is 7.11 Å². The van der Waals surface area contributed by atoms with Gasteiger partial charge in [-0.25, -0.2) is 22.0 Å². The first-order valence-electron chi connectivity index (χ1n) is 5.35. The van der Waals surface area contributed by atoms with E-state index in [1.807, 2.05) is 0 Å². The second-order valence-corrected chi connectivity index (χ2v) is 7.16. The van der Waals surface area contributed by atoms with E-state index in [0.29, 0.717) is 0 Å². The molecule has 0 amide bonds. The maximum absolute atomic E-state index is 11.7. The second-order valence-electron chi connectivity index (χ2n) is 3.79. The highest BCUT2D eigenvalue weighted by molar-refractivity contribution is 7.93. The number of carbonyl (C=O) groups is 1. The van der Waals surface area contributed by atoms with Crippen LogP contribution in [0.25, 0.3) is 0 Å². The summed E-state index contributed by atoms with van der Waals surface area (Å²) in [5, 5.41) is 4.98. The molecule has 0 saturated heterocycles. The largest absolute Gasteiger partial charge is 0.469 e. The van der Waals surface area contributed by atoms with Gasteiger partial charge in [-0.15, -0.1) is 0 Å². The van der Waals surface area contributed by atoms with Crippen molar-refractivity contribution in [2.45, 2.75) is 11.3 Å². The zero-order valence-corrected chi connectivity index (χ0v) is 12.2. The fourth-order valence-electron chi connectivity index (χ4n) is 1.34. The Morgan fingerprint density at radius 3 is 2.40 bits per heavy atom. The third-order valence-corrected chi connectivity index (χ3v) is 4.50. The molecule has 0 aromatic heterocycles. The Bertz CT molecular complexity index is 696. The standard InChI is InChI=1S/C10H14N2O6S2/c1-18-10(13)6-7-19(14,15)12-8-4-2-3-5-9(8)20(11,16)17/h2-5,12H,6-7H2,1H3,(H2,11,16,17). The molecule has 1 aromatic carbocycles. The number of primary sulfonamides is 1. The van der Waals surface area contributed by atoms with Gasteiger partial charge in [0, 0.05) is 0 Å². The van der Waals surface area contributed by atoms with Gasteiger partial charge in [0.05, 0.1) is 25.0 Å². The normalized spacial score (nSPS) is 11.9. The lowest BCUT2D eigenvalue weighted by Gasteiger charge is -2.10. The van der Waals surface area contributed by atoms with Crippen molar-refractivity contribution >= 4 is 31.7 Å². The van der Waals surface area contributed by atoms with Crippen molar-refractivity contribution in [3.05, 3.63) is 24.3 Å². The highest BCUT2D eigenvalue weighted by Gasteiger charge is 2.19. The van der Waals surface area contributed by atoms with Crippen molar-refractivity contribution in [3.63, 3.8) is 0 Å². The molecule has 1 aromatic rings. The first kappa shape index (κ1) is 16.4. The molecule has 8 nitrogen and oxygen atoms in total. The number of nitrogens with two attached hydrogens (primary N) is 1. The number of carbonyl (C=O) groups excluding carboxylic acids is 1. The fourth-order valence-corrected chi connectivity index (χ4v) is 3.15. The smallest absolute Gasteiger partial charge is 0.306 e. The first-order valence-corrected chi connectivity index (χ1v) is 8.55. The molecule has 0 atom stereocenters. The van der Waals surface area contributed by atoms with Gasteiger partial charge in [0.2, 0.25) is 20.0 Å². The lowest BCUT2D eigenvalue weighted by Crippen LogP contribution is -2.22. The monoisotopic (exact) mass is 322 g/mol. The number of anilines is 1. The first-order chi connectivity index (χ1) is 9.15. The summed E-state index contributed by atoms with van der Waals surface area (Å²) in [5.41, 5.74) is -0.167. The van der Waals surface area contributed by atoms with Gasteiger partial charge in [-0.1, -0.05) is 12.1 Å². The third kappa shape index (κ3) is 4.79. The minimum absolute atomic E-state index is 0.167. The number of ether oxygens (including phenoxy) is 1. The number of hydrogen-bond donors (Lipinski definition) is 2. The molecule has 20 heavy (non-hydrogen) atoms. The van der Waals surface area contributed by atoms with E-state index in [-0.39, 0.29) is 17.0 Å². The number of sulfonamides is 2. The predicted molar refractivity (Wildman–Crippen MR) is 71.9 cm³/mol. The van der Waals surface area contributed by atoms with E-state index in [4.69, 9.17) is 5.14 Å². The number of hydrogen-bond acceptors (Lipinski definition) is 6. The van der Waals surface area contributed by atoms with E-state index in [9.17, 15) is 21.6 Å². The van der Waals surface area contributed by atoms with Gasteiger partial charge in [-0.3, -0.25) is 9.52 Å². The fraction of sp³-hybridized carbons (Fsp3) is 0.300. The zero-order valence-electron chi connectivity index (χ0n) is 10.6. The third-order valence-electron chi connectivity index (χ3n) is 2.26. The van der Waals surface area contributed by atoms with Gasteiger partial charge in [0.25, 0.3) is 0 Å². The molecule has 3 N–H and O–H groups in total. The van der Waals surface area contributed by atoms with Gasteiger partial charge < -0.3 is 4.74 Å². The van der Waals surface area contributed by atoms with Gasteiger partial charge in [-0.05, 0) is 12.1 Å². The molecular formula is C10H14N2O6S2. The SMILES string of the molecule is COC(=O)CCS(=O)(=O)Nc1ccccc1S(N)(=O)=O. The summed E-state index contributed by atoms with van der Waals surface area (Å²) < 4.78 is 52.5. The summed E-state index contributed by atoms with van der Waals surface area (Å²) in [5.74, 6) is -1.21. The lowest BCUT2D eigenvalue weighted by atomic mass is 10.3. The topological polar surface area (TPSA) is 133 Å². The van der Waals surface area contributed by atoms with E-state index < -0.39 is 31.8 Å². The van der Waals surface area contributed by atoms with E-state index in [2.05, 4.69) is 9.46 Å². The van der Waals surface area contributed by atoms with Crippen molar-refractivity contribution in [2.24, 2.45) is 5.14 Å². The molecular weight excluding hydrogens is 308 g/mol. The Kier molecular flexibility index (Phi) is 5.09. The van der Waals surface area contributed by atoms with Crippen LogP contribution in [0.5, 0.6) is 0 Å². The van der Waals surface area contributed by atoms with E-state index in [1.165, 1.54) is 24.3 Å². The van der Waals surface area contributed by atoms with Crippen molar-refractivity contribution in [1.29, 1.82) is 0 Å². The molecule has 0 spiro atoms. The molecule has 0 saturated carbocycles. The van der Waals surface area contributed by atoms with Crippen LogP contribution in [0.2, 0.25) is 0 Å². The number of nitrogens with one attached hydrogen (secondary N) is 1. The van der Waals surface area contributed by atoms with Crippen LogP contribution >= 0.6 is 0 Å². The van der Waals surface area contributed by atoms with Crippen LogP contribution in [-0.4, -0.2) is 35.7 Å². The van der Waals surface area contributed by atoms with Gasteiger partial charge in [0.1, 0.15) is 4.90 Å². The van der Waals surface area contributed by atoms with Crippen LogP contribution < -0.4 is 9.86 Å². The van der Waals surface area contributed by atoms with Crippen LogP contribution in [0.3, 0.4) is 0 Å². The number of para-hydroxylation sites is 1. The Balaban J connectivity index is 2.96. The molecule has 0 fully saturated rings. The molecule has 0 unspecified atom stereocenters. The zero-order chi connectivity index (χ0) is 15.4. The Morgan fingerprint density at radius 1 is 1.25 bits per heavy atom.